The van der Waals surface area contributed by atoms with Crippen molar-refractivity contribution < 1.29 is 23.1 Å². The van der Waals surface area contributed by atoms with E-state index in [0.29, 0.717) is 16.3 Å². The lowest BCUT2D eigenvalue weighted by Crippen LogP contribution is -2.49. The van der Waals surface area contributed by atoms with E-state index in [4.69, 9.17) is 16.3 Å². The molecule has 8 heteroatoms. The summed E-state index contributed by atoms with van der Waals surface area (Å²) in [6.45, 7) is 3.23. The fourth-order valence-electron chi connectivity index (χ4n) is 4.74. The van der Waals surface area contributed by atoms with Crippen molar-refractivity contribution in [3.8, 4) is 5.75 Å². The molecule has 34 heavy (non-hydrogen) atoms. The number of fused-ring (bicyclic) bond motifs is 1. The molecule has 1 aliphatic carbocycles. The molecule has 5 nitrogen and oxygen atoms in total. The average molecular weight is 491 g/mol. The Balaban J connectivity index is 1.81. The lowest BCUT2D eigenvalue weighted by atomic mass is 9.94. The van der Waals surface area contributed by atoms with E-state index in [0.717, 1.165) is 44.2 Å². The van der Waals surface area contributed by atoms with E-state index in [1.807, 2.05) is 13.8 Å². The van der Waals surface area contributed by atoms with Crippen molar-refractivity contribution in [1.82, 2.24) is 10.2 Å². The minimum Gasteiger partial charge on any atom is -0.480 e. The van der Waals surface area contributed by atoms with E-state index >= 15 is 0 Å². The van der Waals surface area contributed by atoms with Gasteiger partial charge in [0.05, 0.1) is 6.54 Å². The van der Waals surface area contributed by atoms with Gasteiger partial charge in [-0.3, -0.25) is 9.59 Å². The summed E-state index contributed by atoms with van der Waals surface area (Å²) in [6.07, 6.45) is 3.92. The zero-order valence-electron chi connectivity index (χ0n) is 19.3. The van der Waals surface area contributed by atoms with Crippen LogP contribution in [0.4, 0.5) is 8.78 Å². The van der Waals surface area contributed by atoms with E-state index in [-0.39, 0.29) is 17.5 Å². The molecule has 2 unspecified atom stereocenters. The predicted molar refractivity (Wildman–Crippen MR) is 125 cm³/mol. The molecule has 0 aromatic heterocycles. The van der Waals surface area contributed by atoms with Gasteiger partial charge in [-0.15, -0.1) is 0 Å². The molecular formula is C26H29ClF2N2O3. The highest BCUT2D eigenvalue weighted by molar-refractivity contribution is 6.30. The van der Waals surface area contributed by atoms with Gasteiger partial charge >= 0.3 is 0 Å². The van der Waals surface area contributed by atoms with Crippen LogP contribution in [0.25, 0.3) is 0 Å². The number of ether oxygens (including phenoxy) is 1. The molecule has 0 saturated heterocycles. The molecule has 2 atom stereocenters. The van der Waals surface area contributed by atoms with Gasteiger partial charge in [-0.25, -0.2) is 8.78 Å². The Morgan fingerprint density at radius 2 is 1.82 bits per heavy atom. The quantitative estimate of drug-likeness (QED) is 0.597. The first-order valence-electron chi connectivity index (χ1n) is 11.8. The molecule has 0 radical (unpaired) electrons. The second-order valence-corrected chi connectivity index (χ2v) is 9.81. The molecule has 1 aliphatic heterocycles. The Kier molecular flexibility index (Phi) is 7.41. The van der Waals surface area contributed by atoms with Gasteiger partial charge in [0.2, 0.25) is 5.91 Å². The van der Waals surface area contributed by atoms with Crippen molar-refractivity contribution >= 4 is 23.4 Å². The first-order chi connectivity index (χ1) is 16.3. The van der Waals surface area contributed by atoms with E-state index in [9.17, 15) is 18.4 Å². The molecule has 0 bridgehead atoms. The first kappa shape index (κ1) is 24.5. The number of hydrogen-bond acceptors (Lipinski definition) is 3. The number of nitrogens with one attached hydrogen (secondary N) is 1. The second-order valence-electron chi connectivity index (χ2n) is 9.38. The van der Waals surface area contributed by atoms with Crippen LogP contribution in [-0.4, -0.2) is 28.9 Å². The predicted octanol–water partition coefficient (Wildman–Crippen LogP) is 5.55. The maximum absolute atomic E-state index is 14.6. The molecule has 2 aliphatic rings. The van der Waals surface area contributed by atoms with Crippen LogP contribution < -0.4 is 10.1 Å². The largest absolute Gasteiger partial charge is 0.480 e. The summed E-state index contributed by atoms with van der Waals surface area (Å²) >= 11 is 6.27. The Morgan fingerprint density at radius 1 is 1.15 bits per heavy atom. The third-order valence-corrected chi connectivity index (χ3v) is 6.79. The van der Waals surface area contributed by atoms with Gasteiger partial charge in [0.1, 0.15) is 23.4 Å². The third kappa shape index (κ3) is 5.04. The standard InChI is InChI=1S/C26H29ClF2N2O3/c1-15(2)24-26(33)31(14-19-20(28)9-6-10-21(19)29)23(18-13-16(27)11-12-22(18)34-24)25(32)30-17-7-4-3-5-8-17/h6,9-13,15,17,23-24H,3-5,7-8,14H2,1-2H3,(H,30,32). The van der Waals surface area contributed by atoms with Crippen molar-refractivity contribution in [3.63, 3.8) is 0 Å². The highest BCUT2D eigenvalue weighted by Gasteiger charge is 2.43. The molecule has 2 aromatic carbocycles. The molecule has 1 saturated carbocycles. The van der Waals surface area contributed by atoms with Gasteiger partial charge < -0.3 is 15.0 Å². The highest BCUT2D eigenvalue weighted by atomic mass is 35.5. The smallest absolute Gasteiger partial charge is 0.265 e. The summed E-state index contributed by atoms with van der Waals surface area (Å²) in [5.74, 6) is -2.36. The molecule has 2 aromatic rings. The number of amides is 2. The number of benzene rings is 2. The Bertz CT molecular complexity index is 1050. The summed E-state index contributed by atoms with van der Waals surface area (Å²) in [7, 11) is 0. The highest BCUT2D eigenvalue weighted by Crippen LogP contribution is 2.39. The molecular weight excluding hydrogens is 462 g/mol. The van der Waals surface area contributed by atoms with Crippen molar-refractivity contribution in [2.45, 2.75) is 70.7 Å². The average Bonchev–Trinajstić information content (AvgIpc) is 2.91. The molecule has 2 amide bonds. The molecule has 182 valence electrons. The topological polar surface area (TPSA) is 58.6 Å². The Labute approximate surface area is 203 Å². The first-order valence-corrected chi connectivity index (χ1v) is 12.1. The van der Waals surface area contributed by atoms with Crippen LogP contribution in [0.5, 0.6) is 5.75 Å². The fourth-order valence-corrected chi connectivity index (χ4v) is 4.92. The maximum atomic E-state index is 14.6. The van der Waals surface area contributed by atoms with Crippen LogP contribution in [-0.2, 0) is 16.1 Å². The van der Waals surface area contributed by atoms with Gasteiger partial charge in [-0.05, 0) is 49.1 Å². The second kappa shape index (κ2) is 10.3. The van der Waals surface area contributed by atoms with Gasteiger partial charge in [-0.1, -0.05) is 50.8 Å². The van der Waals surface area contributed by atoms with Gasteiger partial charge in [-0.2, -0.15) is 0 Å². The third-order valence-electron chi connectivity index (χ3n) is 6.55. The fraction of sp³-hybridized carbons (Fsp3) is 0.462. The Morgan fingerprint density at radius 3 is 2.47 bits per heavy atom. The molecule has 0 spiro atoms. The van der Waals surface area contributed by atoms with Gasteiger partial charge in [0, 0.05) is 22.2 Å². The monoisotopic (exact) mass is 490 g/mol. The van der Waals surface area contributed by atoms with Crippen molar-refractivity contribution in [2.24, 2.45) is 5.92 Å². The van der Waals surface area contributed by atoms with Gasteiger partial charge in [0.25, 0.3) is 5.91 Å². The Hall–Kier alpha value is -2.67. The minimum absolute atomic E-state index is 0.0175. The summed E-state index contributed by atoms with van der Waals surface area (Å²) in [5, 5.41) is 3.43. The summed E-state index contributed by atoms with van der Waals surface area (Å²) in [4.78, 5) is 28.6. The number of halogens is 3. The zero-order valence-corrected chi connectivity index (χ0v) is 20.1. The van der Waals surface area contributed by atoms with E-state index < -0.39 is 42.1 Å². The summed E-state index contributed by atoms with van der Waals surface area (Å²) < 4.78 is 35.3. The van der Waals surface area contributed by atoms with Crippen molar-refractivity contribution in [1.29, 1.82) is 0 Å². The number of carbonyl (C=O) groups is 2. The number of carbonyl (C=O) groups excluding carboxylic acids is 2. The van der Waals surface area contributed by atoms with Crippen LogP contribution in [0.2, 0.25) is 5.02 Å². The lowest BCUT2D eigenvalue weighted by Gasteiger charge is -2.33. The number of rotatable bonds is 5. The summed E-state index contributed by atoms with van der Waals surface area (Å²) in [5.41, 5.74) is 0.119. The van der Waals surface area contributed by atoms with Crippen molar-refractivity contribution in [2.75, 3.05) is 0 Å². The van der Waals surface area contributed by atoms with E-state index in [2.05, 4.69) is 5.32 Å². The van der Waals surface area contributed by atoms with Gasteiger partial charge in [0.15, 0.2) is 6.10 Å². The van der Waals surface area contributed by atoms with Crippen LogP contribution in [0, 0.1) is 17.6 Å². The molecule has 1 heterocycles. The maximum Gasteiger partial charge on any atom is 0.265 e. The molecule has 1 N–H and O–H groups in total. The van der Waals surface area contributed by atoms with Crippen molar-refractivity contribution in [3.05, 3.63) is 64.2 Å². The zero-order chi connectivity index (χ0) is 24.4. The van der Waals surface area contributed by atoms with Crippen LogP contribution in [0.3, 0.4) is 0 Å². The van der Waals surface area contributed by atoms with Crippen LogP contribution in [0.1, 0.15) is 63.1 Å². The van der Waals surface area contributed by atoms with Crippen LogP contribution in [0.15, 0.2) is 36.4 Å². The van der Waals surface area contributed by atoms with Crippen LogP contribution >= 0.6 is 11.6 Å². The number of hydrogen-bond donors (Lipinski definition) is 1. The molecule has 1 fully saturated rings. The summed E-state index contributed by atoms with van der Waals surface area (Å²) in [6, 6.07) is 7.22. The van der Waals surface area contributed by atoms with E-state index in [1.165, 1.54) is 11.0 Å². The SMILES string of the molecule is CC(C)C1Oc2ccc(Cl)cc2C(C(=O)NC2CCCCC2)N(Cc2c(F)cccc2F)C1=O. The molecule has 4 rings (SSSR count). The van der Waals surface area contributed by atoms with E-state index in [1.54, 1.807) is 18.2 Å². The lowest BCUT2D eigenvalue weighted by molar-refractivity contribution is -0.147. The number of nitrogens with zero attached hydrogens (tertiary/aromatic N) is 1. The normalized spacial score (nSPS) is 21.1. The minimum atomic E-state index is -1.15.